The molecule has 3 nitrogen and oxygen atoms in total. The number of hydrogen-bond donors (Lipinski definition) is 1. The lowest BCUT2D eigenvalue weighted by Crippen LogP contribution is -2.08. The average Bonchev–Trinajstić information content (AvgIpc) is 3.39. The highest BCUT2D eigenvalue weighted by atomic mass is 32.2. The van der Waals surface area contributed by atoms with Gasteiger partial charge in [0.1, 0.15) is 4.90 Å². The number of benzene rings is 4. The summed E-state index contributed by atoms with van der Waals surface area (Å²) in [5, 5.41) is 3.84. The highest BCUT2D eigenvalue weighted by Gasteiger charge is 2.31. The lowest BCUT2D eigenvalue weighted by atomic mass is 9.82. The third-order valence-electron chi connectivity index (χ3n) is 5.96. The van der Waals surface area contributed by atoms with E-state index in [1.54, 1.807) is 0 Å². The molecule has 0 saturated heterocycles. The van der Waals surface area contributed by atoms with Crippen molar-refractivity contribution in [2.45, 2.75) is 11.8 Å². The van der Waals surface area contributed by atoms with Gasteiger partial charge in [0.2, 0.25) is 0 Å². The summed E-state index contributed by atoms with van der Waals surface area (Å²) in [7, 11) is -4.61. The lowest BCUT2D eigenvalue weighted by Gasteiger charge is -2.25. The molecule has 0 aliphatic carbocycles. The molecule has 0 radical (unpaired) electrons. The highest BCUT2D eigenvalue weighted by Crippen LogP contribution is 2.50. The van der Waals surface area contributed by atoms with Crippen LogP contribution in [0.4, 0.5) is 0 Å². The molecule has 1 N–H and O–H groups in total. The zero-order valence-corrected chi connectivity index (χ0v) is 21.6. The predicted octanol–water partition coefficient (Wildman–Crippen LogP) is 8.08. The Morgan fingerprint density at radius 3 is 1.37 bits per heavy atom. The first kappa shape index (κ1) is 24.9. The van der Waals surface area contributed by atoms with Gasteiger partial charge in [-0.2, -0.15) is 33.3 Å². The van der Waals surface area contributed by atoms with Crippen molar-refractivity contribution in [2.24, 2.45) is 0 Å². The van der Waals surface area contributed by atoms with E-state index in [0.29, 0.717) is 11.1 Å². The van der Waals surface area contributed by atoms with Crippen LogP contribution in [-0.2, 0) is 10.1 Å². The Balaban J connectivity index is 0.00000289. The summed E-state index contributed by atoms with van der Waals surface area (Å²) in [5.74, 6) is 0. The summed E-state index contributed by atoms with van der Waals surface area (Å²) >= 11 is 1.49. The maximum atomic E-state index is 13.2. The molecule has 0 spiro atoms. The van der Waals surface area contributed by atoms with Crippen molar-refractivity contribution in [3.8, 4) is 44.5 Å². The van der Waals surface area contributed by atoms with Crippen LogP contribution in [0.5, 0.6) is 0 Å². The van der Waals surface area contributed by atoms with E-state index in [0.717, 1.165) is 38.9 Å². The van der Waals surface area contributed by atoms with Crippen molar-refractivity contribution in [2.75, 3.05) is 0 Å². The van der Waals surface area contributed by atoms with Crippen molar-refractivity contribution in [1.29, 1.82) is 0 Å². The summed E-state index contributed by atoms with van der Waals surface area (Å²) in [6, 6.07) is 30.8. The molecular weight excluding hydrogens is 493 g/mol. The maximum Gasteiger partial charge on any atom is 0.295 e. The molecule has 0 atom stereocenters. The molecule has 5 rings (SSSR count). The fraction of sp³-hybridized carbons (Fsp3) is 0.0345. The summed E-state index contributed by atoms with van der Waals surface area (Å²) in [4.78, 5) is -0.0691. The molecule has 176 valence electrons. The summed E-state index contributed by atoms with van der Waals surface area (Å²) in [5.41, 5.74) is 6.83. The minimum Gasteiger partial charge on any atom is -0.282 e. The van der Waals surface area contributed by atoms with E-state index in [-0.39, 0.29) is 18.4 Å². The Kier molecular flexibility index (Phi) is 7.28. The van der Waals surface area contributed by atoms with Crippen molar-refractivity contribution >= 4 is 35.0 Å². The molecule has 1 aromatic heterocycles. The first-order valence-electron chi connectivity index (χ1n) is 10.8. The fourth-order valence-electron chi connectivity index (χ4n) is 4.60. The van der Waals surface area contributed by atoms with E-state index in [9.17, 15) is 13.0 Å². The second-order valence-corrected chi connectivity index (χ2v) is 10.2. The monoisotopic (exact) mass is 516 g/mol. The van der Waals surface area contributed by atoms with Gasteiger partial charge in [-0.25, -0.2) is 0 Å². The van der Waals surface area contributed by atoms with E-state index in [4.69, 9.17) is 0 Å². The van der Waals surface area contributed by atoms with Gasteiger partial charge in [0, 0.05) is 11.1 Å². The van der Waals surface area contributed by atoms with Crippen LogP contribution < -0.4 is 0 Å². The molecule has 0 unspecified atom stereocenters. The van der Waals surface area contributed by atoms with Gasteiger partial charge in [0.25, 0.3) is 10.1 Å². The van der Waals surface area contributed by atoms with Gasteiger partial charge in [-0.3, -0.25) is 4.55 Å². The molecule has 0 bridgehead atoms. The number of thiophene rings is 1. The molecule has 0 aliphatic heterocycles. The maximum absolute atomic E-state index is 13.2. The topological polar surface area (TPSA) is 54.4 Å². The second kappa shape index (κ2) is 10.2. The van der Waals surface area contributed by atoms with Crippen LogP contribution in [0.2, 0.25) is 0 Å². The molecular formula is C29H24O3S3. The van der Waals surface area contributed by atoms with Crippen LogP contribution in [0, 0.1) is 6.92 Å². The molecule has 35 heavy (non-hydrogen) atoms. The SMILES string of the molecule is Cc1c(-c2ccccc2)c(-c2ccccc2)c(S(=O)(=O)O)c(-c2ccsc2)c1-c1ccccc1.S. The van der Waals surface area contributed by atoms with Crippen molar-refractivity contribution in [1.82, 2.24) is 0 Å². The Bertz CT molecular complexity index is 1540. The van der Waals surface area contributed by atoms with Gasteiger partial charge in [0.05, 0.1) is 0 Å². The van der Waals surface area contributed by atoms with Crippen molar-refractivity contribution in [3.63, 3.8) is 0 Å². The van der Waals surface area contributed by atoms with Crippen LogP contribution in [-0.4, -0.2) is 13.0 Å². The zero-order valence-electron chi connectivity index (χ0n) is 19.0. The lowest BCUT2D eigenvalue weighted by molar-refractivity contribution is 0.484. The third-order valence-corrected chi connectivity index (χ3v) is 7.57. The van der Waals surface area contributed by atoms with Crippen LogP contribution in [0.25, 0.3) is 44.5 Å². The van der Waals surface area contributed by atoms with Crippen molar-refractivity contribution in [3.05, 3.63) is 113 Å². The van der Waals surface area contributed by atoms with Gasteiger partial charge in [0.15, 0.2) is 0 Å². The normalized spacial score (nSPS) is 11.1. The zero-order chi connectivity index (χ0) is 23.7. The highest BCUT2D eigenvalue weighted by molar-refractivity contribution is 7.86. The minimum absolute atomic E-state index is 0. The third kappa shape index (κ3) is 4.70. The molecule has 5 aromatic rings. The van der Waals surface area contributed by atoms with Gasteiger partial charge in [-0.05, 0) is 62.7 Å². The smallest absolute Gasteiger partial charge is 0.282 e. The van der Waals surface area contributed by atoms with Crippen LogP contribution in [0.15, 0.2) is 113 Å². The first-order valence-corrected chi connectivity index (χ1v) is 13.2. The van der Waals surface area contributed by atoms with Gasteiger partial charge < -0.3 is 0 Å². The summed E-state index contributed by atoms with van der Waals surface area (Å²) in [6.45, 7) is 2.03. The van der Waals surface area contributed by atoms with Gasteiger partial charge >= 0.3 is 0 Å². The van der Waals surface area contributed by atoms with Gasteiger partial charge in [-0.1, -0.05) is 91.0 Å². The van der Waals surface area contributed by atoms with Crippen molar-refractivity contribution < 1.29 is 13.0 Å². The quantitative estimate of drug-likeness (QED) is 0.240. The van der Waals surface area contributed by atoms with Gasteiger partial charge in [-0.15, -0.1) is 0 Å². The number of hydrogen-bond acceptors (Lipinski definition) is 3. The largest absolute Gasteiger partial charge is 0.295 e. The molecule has 0 saturated carbocycles. The summed E-state index contributed by atoms with van der Waals surface area (Å²) in [6.07, 6.45) is 0. The standard InChI is InChI=1S/C29H22O3S2.H2S/c1-20-25(21-11-5-2-6-12-21)27(23-15-9-4-10-16-23)29(34(30,31)32)28(24-17-18-33-19-24)26(20)22-13-7-3-8-14-22;/h2-19H,1H3,(H,30,31,32);1H2. The molecule has 1 heterocycles. The molecule has 0 amide bonds. The summed E-state index contributed by atoms with van der Waals surface area (Å²) < 4.78 is 37.1. The Labute approximate surface area is 216 Å². The fourth-order valence-corrected chi connectivity index (χ4v) is 6.21. The average molecular weight is 517 g/mol. The Morgan fingerprint density at radius 2 is 1.00 bits per heavy atom. The Hall–Kier alpha value is -3.16. The second-order valence-electron chi connectivity index (χ2n) is 8.04. The molecule has 0 fully saturated rings. The molecule has 0 aliphatic rings. The molecule has 4 aromatic carbocycles. The Morgan fingerprint density at radius 1 is 0.600 bits per heavy atom. The van der Waals surface area contributed by atoms with Crippen LogP contribution >= 0.6 is 24.8 Å². The van der Waals surface area contributed by atoms with E-state index in [1.807, 2.05) is 115 Å². The van der Waals surface area contributed by atoms with Crippen LogP contribution in [0.3, 0.4) is 0 Å². The van der Waals surface area contributed by atoms with E-state index < -0.39 is 10.1 Å². The molecule has 6 heteroatoms. The predicted molar refractivity (Wildman–Crippen MR) is 151 cm³/mol. The first-order chi connectivity index (χ1) is 16.5. The van der Waals surface area contributed by atoms with E-state index >= 15 is 0 Å². The van der Waals surface area contributed by atoms with Crippen LogP contribution in [0.1, 0.15) is 5.56 Å². The van der Waals surface area contributed by atoms with E-state index in [2.05, 4.69) is 0 Å². The number of rotatable bonds is 5. The minimum atomic E-state index is -4.61. The van der Waals surface area contributed by atoms with E-state index in [1.165, 1.54) is 11.3 Å².